The Morgan fingerprint density at radius 3 is 2.35 bits per heavy atom. The summed E-state index contributed by atoms with van der Waals surface area (Å²) in [5, 5.41) is 3.46. The minimum atomic E-state index is 0.298. The molecule has 0 saturated heterocycles. The Balaban J connectivity index is 1.92. The Morgan fingerprint density at radius 1 is 0.950 bits per heavy atom. The van der Waals surface area contributed by atoms with Crippen molar-refractivity contribution in [3.8, 4) is 0 Å². The van der Waals surface area contributed by atoms with E-state index in [-0.39, 0.29) is 0 Å². The van der Waals surface area contributed by atoms with Crippen molar-refractivity contribution in [3.63, 3.8) is 0 Å². The van der Waals surface area contributed by atoms with Gasteiger partial charge in [-0.25, -0.2) is 0 Å². The van der Waals surface area contributed by atoms with Gasteiger partial charge in [0.2, 0.25) is 0 Å². The summed E-state index contributed by atoms with van der Waals surface area (Å²) in [6, 6.07) is 16.3. The maximum absolute atomic E-state index is 3.46. The molecule has 0 aliphatic heterocycles. The molecule has 20 heavy (non-hydrogen) atoms. The van der Waals surface area contributed by atoms with E-state index in [0.717, 1.165) is 6.42 Å². The highest BCUT2D eigenvalue weighted by Gasteiger charge is 2.16. The molecule has 0 bridgehead atoms. The summed E-state index contributed by atoms with van der Waals surface area (Å²) in [6.45, 7) is 2.20. The first-order valence-electron chi connectivity index (χ1n) is 7.69. The van der Waals surface area contributed by atoms with E-state index in [2.05, 4.69) is 54.7 Å². The van der Waals surface area contributed by atoms with Gasteiger partial charge in [0.1, 0.15) is 0 Å². The lowest BCUT2D eigenvalue weighted by Gasteiger charge is -2.18. The first-order chi connectivity index (χ1) is 9.81. The molecule has 2 aromatic carbocycles. The molecule has 0 fully saturated rings. The van der Waals surface area contributed by atoms with Gasteiger partial charge >= 0.3 is 0 Å². The Bertz CT molecular complexity index is 583. The van der Waals surface area contributed by atoms with Gasteiger partial charge in [0.15, 0.2) is 0 Å². The van der Waals surface area contributed by atoms with Crippen LogP contribution in [0.25, 0.3) is 0 Å². The zero-order chi connectivity index (χ0) is 13.9. The van der Waals surface area contributed by atoms with E-state index in [4.69, 9.17) is 0 Å². The fourth-order valence-electron chi connectivity index (χ4n) is 3.24. The molecule has 0 saturated carbocycles. The van der Waals surface area contributed by atoms with Crippen molar-refractivity contribution in [3.05, 3.63) is 70.3 Å². The molecule has 2 aromatic rings. The molecule has 1 unspecified atom stereocenters. The van der Waals surface area contributed by atoms with Gasteiger partial charge in [0.25, 0.3) is 0 Å². The zero-order valence-corrected chi connectivity index (χ0v) is 12.4. The molecule has 0 amide bonds. The van der Waals surface area contributed by atoms with Crippen LogP contribution in [-0.2, 0) is 19.3 Å². The molecule has 1 atom stereocenters. The highest BCUT2D eigenvalue weighted by atomic mass is 14.9. The van der Waals surface area contributed by atoms with Gasteiger partial charge in [-0.3, -0.25) is 0 Å². The number of aryl methyl sites for hydroxylation is 3. The van der Waals surface area contributed by atoms with E-state index in [0.29, 0.717) is 6.04 Å². The van der Waals surface area contributed by atoms with E-state index in [1.165, 1.54) is 36.0 Å². The van der Waals surface area contributed by atoms with Gasteiger partial charge < -0.3 is 5.32 Å². The van der Waals surface area contributed by atoms with E-state index in [1.807, 2.05) is 7.05 Å². The standard InChI is InChI=1S/C19H23N/c1-3-14-7-9-16(10-8-14)19(20-2)18-12-11-15-5-4-6-17(15)13-18/h7-13,19-20H,3-6H2,1-2H3. The van der Waals surface area contributed by atoms with Gasteiger partial charge in [-0.05, 0) is 60.5 Å². The van der Waals surface area contributed by atoms with E-state index < -0.39 is 0 Å². The summed E-state index contributed by atoms with van der Waals surface area (Å²) < 4.78 is 0. The second kappa shape index (κ2) is 5.80. The van der Waals surface area contributed by atoms with Gasteiger partial charge in [-0.15, -0.1) is 0 Å². The van der Waals surface area contributed by atoms with E-state index in [9.17, 15) is 0 Å². The fourth-order valence-corrected chi connectivity index (χ4v) is 3.24. The van der Waals surface area contributed by atoms with Crippen LogP contribution in [0.5, 0.6) is 0 Å². The van der Waals surface area contributed by atoms with Crippen molar-refractivity contribution in [2.45, 2.75) is 38.6 Å². The molecule has 1 N–H and O–H groups in total. The molecule has 0 spiro atoms. The average Bonchev–Trinajstić information content (AvgIpc) is 2.96. The second-order valence-corrected chi connectivity index (χ2v) is 5.70. The minimum Gasteiger partial charge on any atom is -0.309 e. The van der Waals surface area contributed by atoms with Crippen LogP contribution in [0.4, 0.5) is 0 Å². The normalized spacial score (nSPS) is 15.1. The molecule has 1 nitrogen and oxygen atoms in total. The zero-order valence-electron chi connectivity index (χ0n) is 12.4. The third kappa shape index (κ3) is 2.51. The highest BCUT2D eigenvalue weighted by Crippen LogP contribution is 2.28. The first-order valence-corrected chi connectivity index (χ1v) is 7.69. The van der Waals surface area contributed by atoms with Crippen LogP contribution in [0.15, 0.2) is 42.5 Å². The molecule has 0 radical (unpaired) electrons. The minimum absolute atomic E-state index is 0.298. The van der Waals surface area contributed by atoms with Crippen LogP contribution in [0, 0.1) is 0 Å². The third-order valence-corrected chi connectivity index (χ3v) is 4.47. The van der Waals surface area contributed by atoms with Crippen LogP contribution < -0.4 is 5.32 Å². The van der Waals surface area contributed by atoms with Crippen LogP contribution in [-0.4, -0.2) is 7.05 Å². The van der Waals surface area contributed by atoms with Gasteiger partial charge in [0, 0.05) is 0 Å². The Labute approximate surface area is 122 Å². The molecule has 0 heterocycles. The fraction of sp³-hybridized carbons (Fsp3) is 0.368. The molecule has 3 rings (SSSR count). The van der Waals surface area contributed by atoms with Crippen molar-refractivity contribution in [2.24, 2.45) is 0 Å². The Hall–Kier alpha value is -1.60. The topological polar surface area (TPSA) is 12.0 Å². The summed E-state index contributed by atoms with van der Waals surface area (Å²) in [5.74, 6) is 0. The molecule has 1 aliphatic carbocycles. The molecule has 0 aromatic heterocycles. The van der Waals surface area contributed by atoms with E-state index >= 15 is 0 Å². The number of hydrogen-bond donors (Lipinski definition) is 1. The van der Waals surface area contributed by atoms with Gasteiger partial charge in [0.05, 0.1) is 6.04 Å². The number of fused-ring (bicyclic) bond motifs is 1. The summed E-state index contributed by atoms with van der Waals surface area (Å²) in [4.78, 5) is 0. The van der Waals surface area contributed by atoms with Crippen molar-refractivity contribution < 1.29 is 0 Å². The molecule has 1 heteroatoms. The number of benzene rings is 2. The predicted molar refractivity (Wildman–Crippen MR) is 85.2 cm³/mol. The summed E-state index contributed by atoms with van der Waals surface area (Å²) in [6.07, 6.45) is 4.91. The monoisotopic (exact) mass is 265 g/mol. The van der Waals surface area contributed by atoms with Crippen LogP contribution in [0.2, 0.25) is 0 Å². The largest absolute Gasteiger partial charge is 0.309 e. The number of nitrogens with one attached hydrogen (secondary N) is 1. The van der Waals surface area contributed by atoms with E-state index in [1.54, 1.807) is 11.1 Å². The first kappa shape index (κ1) is 13.4. The van der Waals surface area contributed by atoms with Crippen molar-refractivity contribution in [2.75, 3.05) is 7.05 Å². The van der Waals surface area contributed by atoms with Crippen molar-refractivity contribution >= 4 is 0 Å². The quantitative estimate of drug-likeness (QED) is 0.879. The number of rotatable bonds is 4. The average molecular weight is 265 g/mol. The van der Waals surface area contributed by atoms with Gasteiger partial charge in [-0.1, -0.05) is 49.4 Å². The Kier molecular flexibility index (Phi) is 3.88. The summed E-state index contributed by atoms with van der Waals surface area (Å²) in [7, 11) is 2.05. The van der Waals surface area contributed by atoms with Crippen LogP contribution in [0.3, 0.4) is 0 Å². The summed E-state index contributed by atoms with van der Waals surface area (Å²) in [5.41, 5.74) is 7.23. The predicted octanol–water partition coefficient (Wildman–Crippen LogP) is 4.05. The highest BCUT2D eigenvalue weighted by molar-refractivity contribution is 5.40. The lowest BCUT2D eigenvalue weighted by molar-refractivity contribution is 0.690. The van der Waals surface area contributed by atoms with Crippen LogP contribution in [0.1, 0.15) is 47.2 Å². The maximum Gasteiger partial charge on any atom is 0.0574 e. The molecule has 1 aliphatic rings. The Morgan fingerprint density at radius 2 is 1.65 bits per heavy atom. The molecular formula is C19H23N. The molecular weight excluding hydrogens is 242 g/mol. The third-order valence-electron chi connectivity index (χ3n) is 4.47. The van der Waals surface area contributed by atoms with Crippen LogP contribution >= 0.6 is 0 Å². The SMILES string of the molecule is CCc1ccc(C(NC)c2ccc3c(c2)CCC3)cc1. The molecule has 104 valence electrons. The van der Waals surface area contributed by atoms with Gasteiger partial charge in [-0.2, -0.15) is 0 Å². The smallest absolute Gasteiger partial charge is 0.0574 e. The summed E-state index contributed by atoms with van der Waals surface area (Å²) >= 11 is 0. The number of hydrogen-bond acceptors (Lipinski definition) is 1. The van der Waals surface area contributed by atoms with Crippen molar-refractivity contribution in [1.29, 1.82) is 0 Å². The maximum atomic E-state index is 3.46. The lowest BCUT2D eigenvalue weighted by atomic mass is 9.95. The second-order valence-electron chi connectivity index (χ2n) is 5.70. The lowest BCUT2D eigenvalue weighted by Crippen LogP contribution is -2.17. The van der Waals surface area contributed by atoms with Crippen molar-refractivity contribution in [1.82, 2.24) is 5.32 Å².